The topological polar surface area (TPSA) is 68.0 Å². The molecule has 0 saturated carbocycles. The summed E-state index contributed by atoms with van der Waals surface area (Å²) < 4.78 is 0. The lowest BCUT2D eigenvalue weighted by Crippen LogP contribution is -2.14. The van der Waals surface area contributed by atoms with Crippen molar-refractivity contribution in [2.24, 2.45) is 5.73 Å². The minimum atomic E-state index is -0.408. The zero-order valence-electron chi connectivity index (χ0n) is 10.2. The van der Waals surface area contributed by atoms with Crippen LogP contribution in [0.15, 0.2) is 42.6 Å². The van der Waals surface area contributed by atoms with Gasteiger partial charge in [0.05, 0.1) is 12.2 Å². The minimum absolute atomic E-state index is 0.408. The number of hydrogen-bond acceptors (Lipinski definition) is 3. The first kappa shape index (κ1) is 12.1. The molecule has 2 rings (SSSR count). The molecule has 1 amide bonds. The molecule has 3 N–H and O–H groups in total. The molecule has 0 fully saturated rings. The van der Waals surface area contributed by atoms with Gasteiger partial charge in [-0.15, -0.1) is 0 Å². The Bertz CT molecular complexity index is 552. The highest BCUT2D eigenvalue weighted by Gasteiger charge is 2.07. The molecule has 0 aliphatic carbocycles. The van der Waals surface area contributed by atoms with Gasteiger partial charge in [-0.25, -0.2) is 0 Å². The molecule has 0 saturated heterocycles. The summed E-state index contributed by atoms with van der Waals surface area (Å²) >= 11 is 0. The molecular formula is C14H15N3O. The molecule has 0 atom stereocenters. The maximum atomic E-state index is 11.2. The number of anilines is 1. The molecule has 92 valence electrons. The normalized spacial score (nSPS) is 10.1. The SMILES string of the molecule is Cc1c(NCc2ccccn2)cccc1C(N)=O. The second-order valence-corrected chi connectivity index (χ2v) is 4.02. The van der Waals surface area contributed by atoms with Crippen LogP contribution in [0.25, 0.3) is 0 Å². The summed E-state index contributed by atoms with van der Waals surface area (Å²) in [5.74, 6) is -0.408. The van der Waals surface area contributed by atoms with Gasteiger partial charge < -0.3 is 11.1 Å². The molecule has 0 unspecified atom stereocenters. The lowest BCUT2D eigenvalue weighted by molar-refractivity contribution is 0.1000. The number of hydrogen-bond donors (Lipinski definition) is 2. The van der Waals surface area contributed by atoms with Crippen molar-refractivity contribution in [3.05, 3.63) is 59.4 Å². The zero-order chi connectivity index (χ0) is 13.0. The molecule has 1 aromatic carbocycles. The van der Waals surface area contributed by atoms with E-state index in [4.69, 9.17) is 5.73 Å². The number of amides is 1. The fourth-order valence-corrected chi connectivity index (χ4v) is 1.78. The monoisotopic (exact) mass is 241 g/mol. The van der Waals surface area contributed by atoms with Crippen LogP contribution in [0.5, 0.6) is 0 Å². The number of aromatic nitrogens is 1. The van der Waals surface area contributed by atoms with E-state index in [1.807, 2.05) is 37.3 Å². The van der Waals surface area contributed by atoms with Crippen molar-refractivity contribution in [2.45, 2.75) is 13.5 Å². The molecule has 1 aromatic heterocycles. The predicted octanol–water partition coefficient (Wildman–Crippen LogP) is 2.10. The summed E-state index contributed by atoms with van der Waals surface area (Å²) in [5, 5.41) is 3.25. The van der Waals surface area contributed by atoms with Crippen molar-refractivity contribution in [1.82, 2.24) is 4.98 Å². The van der Waals surface area contributed by atoms with Gasteiger partial charge in [0.25, 0.3) is 0 Å². The van der Waals surface area contributed by atoms with Crippen LogP contribution in [0.3, 0.4) is 0 Å². The Hall–Kier alpha value is -2.36. The summed E-state index contributed by atoms with van der Waals surface area (Å²) in [4.78, 5) is 15.5. The van der Waals surface area contributed by atoms with Gasteiger partial charge in [-0.1, -0.05) is 12.1 Å². The Labute approximate surface area is 106 Å². The maximum absolute atomic E-state index is 11.2. The molecule has 18 heavy (non-hydrogen) atoms. The van der Waals surface area contributed by atoms with E-state index >= 15 is 0 Å². The van der Waals surface area contributed by atoms with Crippen LogP contribution in [0.2, 0.25) is 0 Å². The van der Waals surface area contributed by atoms with E-state index in [0.717, 1.165) is 16.9 Å². The molecule has 2 aromatic rings. The standard InChI is InChI=1S/C14H15N3O/c1-10-12(14(15)18)6-4-7-13(10)17-9-11-5-2-3-8-16-11/h2-8,17H,9H2,1H3,(H2,15,18). The molecule has 4 heteroatoms. The average Bonchev–Trinajstić information content (AvgIpc) is 2.38. The maximum Gasteiger partial charge on any atom is 0.249 e. The number of nitrogens with one attached hydrogen (secondary N) is 1. The highest BCUT2D eigenvalue weighted by Crippen LogP contribution is 2.19. The average molecular weight is 241 g/mol. The van der Waals surface area contributed by atoms with Crippen LogP contribution in [0, 0.1) is 6.92 Å². The number of benzene rings is 1. The minimum Gasteiger partial charge on any atom is -0.379 e. The highest BCUT2D eigenvalue weighted by molar-refractivity contribution is 5.95. The Morgan fingerprint density at radius 3 is 2.78 bits per heavy atom. The third-order valence-corrected chi connectivity index (χ3v) is 2.79. The number of carbonyl (C=O) groups excluding carboxylic acids is 1. The lowest BCUT2D eigenvalue weighted by atomic mass is 10.1. The molecule has 0 aliphatic rings. The number of nitrogens with zero attached hydrogens (tertiary/aromatic N) is 1. The van der Waals surface area contributed by atoms with Crippen molar-refractivity contribution >= 4 is 11.6 Å². The summed E-state index contributed by atoms with van der Waals surface area (Å²) in [6.07, 6.45) is 1.75. The Kier molecular flexibility index (Phi) is 3.57. The van der Waals surface area contributed by atoms with Crippen molar-refractivity contribution in [2.75, 3.05) is 5.32 Å². The summed E-state index contributed by atoms with van der Waals surface area (Å²) in [6.45, 7) is 2.49. The van der Waals surface area contributed by atoms with Crippen LogP contribution in [0.1, 0.15) is 21.6 Å². The Balaban J connectivity index is 2.15. The first-order valence-corrected chi connectivity index (χ1v) is 5.71. The van der Waals surface area contributed by atoms with E-state index in [0.29, 0.717) is 12.1 Å². The van der Waals surface area contributed by atoms with Gasteiger partial charge in [-0.2, -0.15) is 0 Å². The molecule has 4 nitrogen and oxygen atoms in total. The van der Waals surface area contributed by atoms with Crippen molar-refractivity contribution in [1.29, 1.82) is 0 Å². The van der Waals surface area contributed by atoms with Crippen molar-refractivity contribution in [3.63, 3.8) is 0 Å². The highest BCUT2D eigenvalue weighted by atomic mass is 16.1. The zero-order valence-corrected chi connectivity index (χ0v) is 10.2. The van der Waals surface area contributed by atoms with Gasteiger partial charge in [-0.05, 0) is 36.8 Å². The number of rotatable bonds is 4. The largest absolute Gasteiger partial charge is 0.379 e. The molecule has 0 bridgehead atoms. The number of carbonyl (C=O) groups is 1. The van der Waals surface area contributed by atoms with Crippen LogP contribution in [0.4, 0.5) is 5.69 Å². The second-order valence-electron chi connectivity index (χ2n) is 4.02. The smallest absolute Gasteiger partial charge is 0.249 e. The van der Waals surface area contributed by atoms with E-state index < -0.39 is 5.91 Å². The van der Waals surface area contributed by atoms with E-state index in [9.17, 15) is 4.79 Å². The fraction of sp³-hybridized carbons (Fsp3) is 0.143. The number of nitrogens with two attached hydrogens (primary N) is 1. The fourth-order valence-electron chi connectivity index (χ4n) is 1.78. The van der Waals surface area contributed by atoms with Crippen LogP contribution >= 0.6 is 0 Å². The van der Waals surface area contributed by atoms with Gasteiger partial charge in [0.2, 0.25) is 5.91 Å². The summed E-state index contributed by atoms with van der Waals surface area (Å²) in [7, 11) is 0. The predicted molar refractivity (Wildman–Crippen MR) is 71.3 cm³/mol. The van der Waals surface area contributed by atoms with E-state index in [-0.39, 0.29) is 0 Å². The third kappa shape index (κ3) is 2.66. The first-order chi connectivity index (χ1) is 8.68. The quantitative estimate of drug-likeness (QED) is 0.861. The number of primary amides is 1. The molecule has 1 heterocycles. The van der Waals surface area contributed by atoms with Gasteiger partial charge in [0.15, 0.2) is 0 Å². The van der Waals surface area contributed by atoms with Crippen LogP contribution in [-0.2, 0) is 6.54 Å². The first-order valence-electron chi connectivity index (χ1n) is 5.71. The van der Waals surface area contributed by atoms with E-state index in [2.05, 4.69) is 10.3 Å². The Morgan fingerprint density at radius 1 is 1.28 bits per heavy atom. The second kappa shape index (κ2) is 5.31. The van der Waals surface area contributed by atoms with Crippen LogP contribution < -0.4 is 11.1 Å². The van der Waals surface area contributed by atoms with Crippen molar-refractivity contribution in [3.8, 4) is 0 Å². The van der Waals surface area contributed by atoms with Gasteiger partial charge >= 0.3 is 0 Å². The summed E-state index contributed by atoms with van der Waals surface area (Å²) in [5.41, 5.74) is 8.56. The third-order valence-electron chi connectivity index (χ3n) is 2.79. The van der Waals surface area contributed by atoms with Crippen LogP contribution in [-0.4, -0.2) is 10.9 Å². The van der Waals surface area contributed by atoms with Gasteiger partial charge in [0, 0.05) is 17.4 Å². The van der Waals surface area contributed by atoms with Gasteiger partial charge in [-0.3, -0.25) is 9.78 Å². The molecule has 0 spiro atoms. The molecular weight excluding hydrogens is 226 g/mol. The van der Waals surface area contributed by atoms with Gasteiger partial charge in [0.1, 0.15) is 0 Å². The molecule has 0 aliphatic heterocycles. The molecule has 0 radical (unpaired) electrons. The number of pyridine rings is 1. The lowest BCUT2D eigenvalue weighted by Gasteiger charge is -2.11. The Morgan fingerprint density at radius 2 is 2.11 bits per heavy atom. The van der Waals surface area contributed by atoms with E-state index in [1.165, 1.54) is 0 Å². The van der Waals surface area contributed by atoms with Crippen molar-refractivity contribution < 1.29 is 4.79 Å². The summed E-state index contributed by atoms with van der Waals surface area (Å²) in [6, 6.07) is 11.2. The van der Waals surface area contributed by atoms with E-state index in [1.54, 1.807) is 12.3 Å².